The van der Waals surface area contributed by atoms with Crippen LogP contribution in [0.2, 0.25) is 0 Å². The first-order chi connectivity index (χ1) is 8.61. The molecule has 18 heavy (non-hydrogen) atoms. The standard InChI is InChI=1S/C14H22FNO2/c1-3-13(17)11-16(2)9-4-10-18-14-7-5-12(15)6-8-14/h5-8,13,17H,3-4,9-11H2,1-2H3. The number of rotatable bonds is 8. The van der Waals surface area contributed by atoms with Crippen LogP contribution in [0.4, 0.5) is 4.39 Å². The SMILES string of the molecule is CCC(O)CN(C)CCCOc1ccc(F)cc1. The monoisotopic (exact) mass is 255 g/mol. The molecular formula is C14H22FNO2. The second-order valence-corrected chi connectivity index (χ2v) is 4.48. The van der Waals surface area contributed by atoms with Gasteiger partial charge in [-0.1, -0.05) is 6.92 Å². The smallest absolute Gasteiger partial charge is 0.123 e. The van der Waals surface area contributed by atoms with Gasteiger partial charge in [0, 0.05) is 13.1 Å². The highest BCUT2D eigenvalue weighted by molar-refractivity contribution is 5.21. The summed E-state index contributed by atoms with van der Waals surface area (Å²) in [5.74, 6) is 0.434. The first-order valence-electron chi connectivity index (χ1n) is 6.36. The van der Waals surface area contributed by atoms with Crippen LogP contribution in [-0.2, 0) is 0 Å². The van der Waals surface area contributed by atoms with Crippen molar-refractivity contribution < 1.29 is 14.2 Å². The van der Waals surface area contributed by atoms with E-state index in [1.54, 1.807) is 12.1 Å². The van der Waals surface area contributed by atoms with Crippen LogP contribution in [0.3, 0.4) is 0 Å². The van der Waals surface area contributed by atoms with Crippen LogP contribution >= 0.6 is 0 Å². The fourth-order valence-corrected chi connectivity index (χ4v) is 1.64. The van der Waals surface area contributed by atoms with Crippen molar-refractivity contribution in [1.29, 1.82) is 0 Å². The molecule has 0 aliphatic carbocycles. The number of aliphatic hydroxyl groups excluding tert-OH is 1. The maximum atomic E-state index is 12.6. The molecule has 0 spiro atoms. The zero-order valence-corrected chi connectivity index (χ0v) is 11.1. The maximum Gasteiger partial charge on any atom is 0.123 e. The Labute approximate surface area is 108 Å². The molecule has 102 valence electrons. The van der Waals surface area contributed by atoms with Crippen LogP contribution in [0.1, 0.15) is 19.8 Å². The van der Waals surface area contributed by atoms with Gasteiger partial charge in [-0.05, 0) is 44.2 Å². The number of aliphatic hydroxyl groups is 1. The van der Waals surface area contributed by atoms with Crippen LogP contribution in [0, 0.1) is 5.82 Å². The van der Waals surface area contributed by atoms with Crippen molar-refractivity contribution in [3.8, 4) is 5.75 Å². The first kappa shape index (κ1) is 14.9. The normalized spacial score (nSPS) is 12.7. The van der Waals surface area contributed by atoms with Gasteiger partial charge >= 0.3 is 0 Å². The van der Waals surface area contributed by atoms with Crippen molar-refractivity contribution in [2.75, 3.05) is 26.7 Å². The summed E-state index contributed by atoms with van der Waals surface area (Å²) < 4.78 is 18.1. The molecule has 0 aliphatic heterocycles. The molecular weight excluding hydrogens is 233 g/mol. The summed E-state index contributed by atoms with van der Waals surface area (Å²) in [7, 11) is 1.98. The molecule has 1 aromatic carbocycles. The Hall–Kier alpha value is -1.13. The molecule has 1 unspecified atom stereocenters. The van der Waals surface area contributed by atoms with Gasteiger partial charge in [0.15, 0.2) is 0 Å². The van der Waals surface area contributed by atoms with E-state index in [0.717, 1.165) is 19.4 Å². The summed E-state index contributed by atoms with van der Waals surface area (Å²) in [5.41, 5.74) is 0. The van der Waals surface area contributed by atoms with E-state index in [4.69, 9.17) is 4.74 Å². The zero-order valence-electron chi connectivity index (χ0n) is 11.1. The summed E-state index contributed by atoms with van der Waals surface area (Å²) in [6.45, 7) is 4.12. The van der Waals surface area contributed by atoms with Gasteiger partial charge in [-0.2, -0.15) is 0 Å². The minimum Gasteiger partial charge on any atom is -0.494 e. The highest BCUT2D eigenvalue weighted by Gasteiger charge is 2.05. The van der Waals surface area contributed by atoms with E-state index in [2.05, 4.69) is 4.90 Å². The number of benzene rings is 1. The number of hydrogen-bond donors (Lipinski definition) is 1. The van der Waals surface area contributed by atoms with Gasteiger partial charge in [0.25, 0.3) is 0 Å². The zero-order chi connectivity index (χ0) is 13.4. The number of likely N-dealkylation sites (N-methyl/N-ethyl adjacent to an activating group) is 1. The molecule has 0 amide bonds. The van der Waals surface area contributed by atoms with Crippen molar-refractivity contribution in [1.82, 2.24) is 4.90 Å². The average molecular weight is 255 g/mol. The van der Waals surface area contributed by atoms with Crippen molar-refractivity contribution in [2.45, 2.75) is 25.9 Å². The molecule has 0 bridgehead atoms. The third-order valence-corrected chi connectivity index (χ3v) is 2.76. The van der Waals surface area contributed by atoms with Gasteiger partial charge in [0.05, 0.1) is 12.7 Å². The molecule has 1 N–H and O–H groups in total. The molecule has 1 atom stereocenters. The Balaban J connectivity index is 2.13. The summed E-state index contributed by atoms with van der Waals surface area (Å²) in [6, 6.07) is 6.03. The number of halogens is 1. The predicted octanol–water partition coefficient (Wildman–Crippen LogP) is 2.30. The Bertz CT molecular complexity index is 329. The van der Waals surface area contributed by atoms with Gasteiger partial charge in [-0.3, -0.25) is 0 Å². The Morgan fingerprint density at radius 3 is 2.61 bits per heavy atom. The maximum absolute atomic E-state index is 12.6. The third kappa shape index (κ3) is 5.98. The van der Waals surface area contributed by atoms with Gasteiger partial charge in [0.1, 0.15) is 11.6 Å². The van der Waals surface area contributed by atoms with Gasteiger partial charge in [-0.15, -0.1) is 0 Å². The second kappa shape index (κ2) is 8.06. The van der Waals surface area contributed by atoms with Crippen LogP contribution in [0.25, 0.3) is 0 Å². The van der Waals surface area contributed by atoms with E-state index >= 15 is 0 Å². The fourth-order valence-electron chi connectivity index (χ4n) is 1.64. The average Bonchev–Trinajstić information content (AvgIpc) is 2.36. The predicted molar refractivity (Wildman–Crippen MR) is 70.3 cm³/mol. The van der Waals surface area contributed by atoms with Crippen LogP contribution < -0.4 is 4.74 Å². The lowest BCUT2D eigenvalue weighted by Gasteiger charge is -2.19. The Kier molecular flexibility index (Phi) is 6.68. The molecule has 0 aromatic heterocycles. The molecule has 1 aromatic rings. The fraction of sp³-hybridized carbons (Fsp3) is 0.571. The quantitative estimate of drug-likeness (QED) is 0.723. The van der Waals surface area contributed by atoms with Crippen molar-refractivity contribution in [2.24, 2.45) is 0 Å². The van der Waals surface area contributed by atoms with Crippen LogP contribution in [0.5, 0.6) is 5.75 Å². The van der Waals surface area contributed by atoms with Gasteiger partial charge < -0.3 is 14.7 Å². The lowest BCUT2D eigenvalue weighted by molar-refractivity contribution is 0.119. The molecule has 0 aliphatic rings. The minimum absolute atomic E-state index is 0.254. The van der Waals surface area contributed by atoms with E-state index in [0.29, 0.717) is 18.9 Å². The van der Waals surface area contributed by atoms with E-state index < -0.39 is 0 Å². The summed E-state index contributed by atoms with van der Waals surface area (Å²) in [5, 5.41) is 9.48. The Morgan fingerprint density at radius 1 is 1.33 bits per heavy atom. The molecule has 0 saturated heterocycles. The summed E-state index contributed by atoms with van der Waals surface area (Å²) >= 11 is 0. The van der Waals surface area contributed by atoms with Crippen molar-refractivity contribution >= 4 is 0 Å². The third-order valence-electron chi connectivity index (χ3n) is 2.76. The van der Waals surface area contributed by atoms with E-state index in [-0.39, 0.29) is 11.9 Å². The Morgan fingerprint density at radius 2 is 2.00 bits per heavy atom. The highest BCUT2D eigenvalue weighted by atomic mass is 19.1. The van der Waals surface area contributed by atoms with Crippen molar-refractivity contribution in [3.05, 3.63) is 30.1 Å². The number of hydrogen-bond acceptors (Lipinski definition) is 3. The van der Waals surface area contributed by atoms with Crippen molar-refractivity contribution in [3.63, 3.8) is 0 Å². The largest absolute Gasteiger partial charge is 0.494 e. The second-order valence-electron chi connectivity index (χ2n) is 4.48. The number of nitrogens with zero attached hydrogens (tertiary/aromatic N) is 1. The first-order valence-corrected chi connectivity index (χ1v) is 6.36. The topological polar surface area (TPSA) is 32.7 Å². The lowest BCUT2D eigenvalue weighted by Crippen LogP contribution is -2.30. The molecule has 1 rings (SSSR count). The molecule has 0 heterocycles. The minimum atomic E-state index is -0.256. The summed E-state index contributed by atoms with van der Waals surface area (Å²) in [4.78, 5) is 2.09. The molecule has 0 radical (unpaired) electrons. The molecule has 3 nitrogen and oxygen atoms in total. The van der Waals surface area contributed by atoms with E-state index in [9.17, 15) is 9.50 Å². The molecule has 0 fully saturated rings. The highest BCUT2D eigenvalue weighted by Crippen LogP contribution is 2.11. The van der Waals surface area contributed by atoms with E-state index in [1.165, 1.54) is 12.1 Å². The molecule has 0 saturated carbocycles. The lowest BCUT2D eigenvalue weighted by atomic mass is 10.2. The number of ether oxygens (including phenoxy) is 1. The van der Waals surface area contributed by atoms with E-state index in [1.807, 2.05) is 14.0 Å². The van der Waals surface area contributed by atoms with Gasteiger partial charge in [-0.25, -0.2) is 4.39 Å². The molecule has 4 heteroatoms. The van der Waals surface area contributed by atoms with Gasteiger partial charge in [0.2, 0.25) is 0 Å². The van der Waals surface area contributed by atoms with Crippen LogP contribution in [0.15, 0.2) is 24.3 Å². The summed E-state index contributed by atoms with van der Waals surface area (Å²) in [6.07, 6.45) is 1.40. The van der Waals surface area contributed by atoms with Crippen LogP contribution in [-0.4, -0.2) is 42.9 Å².